The first-order valence-corrected chi connectivity index (χ1v) is 7.92. The number of carbonyl (C=O) groups excluding carboxylic acids is 1. The van der Waals surface area contributed by atoms with Crippen LogP contribution in [0.15, 0.2) is 56.1 Å². The Morgan fingerprint density at radius 2 is 1.87 bits per heavy atom. The molecule has 1 amide bonds. The first kappa shape index (κ1) is 15.8. The van der Waals surface area contributed by atoms with Crippen molar-refractivity contribution < 1.29 is 9.21 Å². The van der Waals surface area contributed by atoms with E-state index >= 15 is 0 Å². The molecule has 0 aliphatic heterocycles. The molecule has 6 heteroatoms. The van der Waals surface area contributed by atoms with Crippen molar-refractivity contribution in [3.63, 3.8) is 0 Å². The number of fused-ring (bicyclic) bond motifs is 1. The lowest BCUT2D eigenvalue weighted by Crippen LogP contribution is -2.15. The number of hydrogen-bond acceptors (Lipinski definition) is 3. The average Bonchev–Trinajstić information content (AvgIpc) is 2.51. The number of nitrogens with one attached hydrogen (secondary N) is 1. The Labute approximate surface area is 145 Å². The molecule has 0 unspecified atom stereocenters. The van der Waals surface area contributed by atoms with Gasteiger partial charge in [0.1, 0.15) is 5.58 Å². The fraction of sp³-hybridized carbons (Fsp3) is 0.0588. The summed E-state index contributed by atoms with van der Waals surface area (Å²) in [5.74, 6) is -0.536. The van der Waals surface area contributed by atoms with Gasteiger partial charge in [-0.25, -0.2) is 0 Å². The van der Waals surface area contributed by atoms with Crippen molar-refractivity contribution in [1.82, 2.24) is 0 Å². The van der Waals surface area contributed by atoms with Crippen LogP contribution in [-0.4, -0.2) is 5.91 Å². The zero-order valence-corrected chi connectivity index (χ0v) is 14.4. The second-order valence-corrected chi connectivity index (χ2v) is 6.36. The summed E-state index contributed by atoms with van der Waals surface area (Å²) in [4.78, 5) is 24.4. The van der Waals surface area contributed by atoms with E-state index in [0.29, 0.717) is 21.7 Å². The van der Waals surface area contributed by atoms with E-state index in [1.54, 1.807) is 43.3 Å². The van der Waals surface area contributed by atoms with Crippen LogP contribution in [0.1, 0.15) is 16.1 Å². The van der Waals surface area contributed by atoms with Crippen LogP contribution in [0.4, 0.5) is 5.69 Å². The topological polar surface area (TPSA) is 59.3 Å². The van der Waals surface area contributed by atoms with Gasteiger partial charge in [0, 0.05) is 21.2 Å². The largest absolute Gasteiger partial charge is 0.451 e. The molecule has 116 valence electrons. The highest BCUT2D eigenvalue weighted by Crippen LogP contribution is 2.22. The van der Waals surface area contributed by atoms with Crippen LogP contribution in [0, 0.1) is 6.92 Å². The molecule has 0 aliphatic rings. The van der Waals surface area contributed by atoms with Gasteiger partial charge in [0.15, 0.2) is 11.2 Å². The summed E-state index contributed by atoms with van der Waals surface area (Å²) in [5, 5.41) is 3.52. The third-order valence-corrected chi connectivity index (χ3v) is 4.27. The Morgan fingerprint density at radius 1 is 1.17 bits per heavy atom. The molecule has 4 nitrogen and oxygen atoms in total. The van der Waals surface area contributed by atoms with Gasteiger partial charge in [-0.1, -0.05) is 27.5 Å². The van der Waals surface area contributed by atoms with E-state index in [4.69, 9.17) is 16.0 Å². The Morgan fingerprint density at radius 3 is 2.57 bits per heavy atom. The monoisotopic (exact) mass is 391 g/mol. The van der Waals surface area contributed by atoms with E-state index in [1.165, 1.54) is 6.07 Å². The van der Waals surface area contributed by atoms with Gasteiger partial charge in [0.2, 0.25) is 0 Å². The highest BCUT2D eigenvalue weighted by Gasteiger charge is 2.13. The van der Waals surface area contributed by atoms with Crippen LogP contribution >= 0.6 is 27.5 Å². The van der Waals surface area contributed by atoms with Gasteiger partial charge in [-0.15, -0.1) is 0 Å². The molecule has 0 saturated carbocycles. The maximum atomic E-state index is 12.3. The molecule has 23 heavy (non-hydrogen) atoms. The summed E-state index contributed by atoms with van der Waals surface area (Å²) < 4.78 is 6.46. The maximum absolute atomic E-state index is 12.3. The van der Waals surface area contributed by atoms with Crippen molar-refractivity contribution in [3.8, 4) is 0 Å². The molecule has 1 heterocycles. The normalized spacial score (nSPS) is 10.7. The van der Waals surface area contributed by atoms with Crippen molar-refractivity contribution in [3.05, 3.63) is 73.5 Å². The van der Waals surface area contributed by atoms with Crippen LogP contribution in [0.3, 0.4) is 0 Å². The zero-order chi connectivity index (χ0) is 16.6. The summed E-state index contributed by atoms with van der Waals surface area (Å²) in [6.07, 6.45) is 0. The number of rotatable bonds is 2. The van der Waals surface area contributed by atoms with Crippen LogP contribution in [0.25, 0.3) is 11.0 Å². The predicted molar refractivity (Wildman–Crippen MR) is 94.3 cm³/mol. The van der Waals surface area contributed by atoms with Crippen molar-refractivity contribution in [2.24, 2.45) is 0 Å². The van der Waals surface area contributed by atoms with Gasteiger partial charge in [-0.3, -0.25) is 9.59 Å². The quantitative estimate of drug-likeness (QED) is 0.683. The minimum atomic E-state index is -0.487. The second-order valence-electron chi connectivity index (χ2n) is 5.03. The fourth-order valence-electron chi connectivity index (χ4n) is 2.11. The van der Waals surface area contributed by atoms with Crippen molar-refractivity contribution >= 4 is 50.1 Å². The molecule has 0 radical (unpaired) electrons. The molecule has 0 aliphatic carbocycles. The first-order valence-electron chi connectivity index (χ1n) is 6.75. The van der Waals surface area contributed by atoms with Gasteiger partial charge >= 0.3 is 0 Å². The lowest BCUT2D eigenvalue weighted by Gasteiger charge is -2.06. The van der Waals surface area contributed by atoms with Gasteiger partial charge < -0.3 is 9.73 Å². The Hall–Kier alpha value is -2.11. The highest BCUT2D eigenvalue weighted by molar-refractivity contribution is 9.10. The molecule has 3 rings (SSSR count). The van der Waals surface area contributed by atoms with Crippen LogP contribution in [-0.2, 0) is 0 Å². The molecule has 0 atom stereocenters. The van der Waals surface area contributed by atoms with Gasteiger partial charge in [0.05, 0.1) is 5.39 Å². The van der Waals surface area contributed by atoms with E-state index in [0.717, 1.165) is 10.0 Å². The molecule has 1 N–H and O–H groups in total. The molecule has 3 aromatic rings. The van der Waals surface area contributed by atoms with Crippen molar-refractivity contribution in [1.29, 1.82) is 0 Å². The summed E-state index contributed by atoms with van der Waals surface area (Å²) in [6.45, 7) is 1.80. The number of benzene rings is 2. The average molecular weight is 393 g/mol. The van der Waals surface area contributed by atoms with Crippen LogP contribution < -0.4 is 10.7 Å². The molecular weight excluding hydrogens is 382 g/mol. The maximum Gasteiger partial charge on any atom is 0.291 e. The molecule has 2 aromatic carbocycles. The van der Waals surface area contributed by atoms with E-state index < -0.39 is 5.91 Å². The van der Waals surface area contributed by atoms with Crippen LogP contribution in [0.5, 0.6) is 0 Å². The molecule has 0 spiro atoms. The summed E-state index contributed by atoms with van der Waals surface area (Å²) in [5.41, 5.74) is 1.40. The van der Waals surface area contributed by atoms with Gasteiger partial charge in [0.25, 0.3) is 5.91 Å². The van der Waals surface area contributed by atoms with Crippen molar-refractivity contribution in [2.45, 2.75) is 6.92 Å². The van der Waals surface area contributed by atoms with E-state index in [-0.39, 0.29) is 11.2 Å². The van der Waals surface area contributed by atoms with E-state index in [2.05, 4.69) is 21.2 Å². The zero-order valence-electron chi connectivity index (χ0n) is 12.0. The third-order valence-electron chi connectivity index (χ3n) is 3.33. The molecular formula is C17H11BrClNO3. The minimum absolute atomic E-state index is 0.0489. The lowest BCUT2D eigenvalue weighted by atomic mass is 10.1. The number of aryl methyl sites for hydroxylation is 1. The third kappa shape index (κ3) is 3.30. The van der Waals surface area contributed by atoms with Crippen LogP contribution in [0.2, 0.25) is 5.02 Å². The summed E-state index contributed by atoms with van der Waals surface area (Å²) in [7, 11) is 0. The molecule has 0 saturated heterocycles. The first-order chi connectivity index (χ1) is 10.9. The summed E-state index contributed by atoms with van der Waals surface area (Å²) >= 11 is 9.34. The molecule has 0 fully saturated rings. The van der Waals surface area contributed by atoms with Crippen molar-refractivity contribution in [2.75, 3.05) is 5.32 Å². The minimum Gasteiger partial charge on any atom is -0.451 e. The standard InChI is InChI=1S/C17H11BrClNO3/c1-9-6-15-12(7-13(9)19)14(21)8-16(23-15)17(22)20-11-4-2-10(18)3-5-11/h2-8H,1H3,(H,20,22). The molecule has 0 bridgehead atoms. The van der Waals surface area contributed by atoms with Gasteiger partial charge in [-0.05, 0) is 48.9 Å². The number of anilines is 1. The van der Waals surface area contributed by atoms with Gasteiger partial charge in [-0.2, -0.15) is 0 Å². The second kappa shape index (κ2) is 6.18. The van der Waals surface area contributed by atoms with E-state index in [9.17, 15) is 9.59 Å². The number of amides is 1. The smallest absolute Gasteiger partial charge is 0.291 e. The number of halogens is 2. The highest BCUT2D eigenvalue weighted by atomic mass is 79.9. The lowest BCUT2D eigenvalue weighted by molar-refractivity contribution is 0.0997. The fourth-order valence-corrected chi connectivity index (χ4v) is 2.54. The predicted octanol–water partition coefficient (Wildman–Crippen LogP) is 4.77. The Kier molecular flexibility index (Phi) is 4.24. The number of hydrogen-bond donors (Lipinski definition) is 1. The summed E-state index contributed by atoms with van der Waals surface area (Å²) in [6, 6.07) is 11.5. The number of carbonyl (C=O) groups is 1. The Balaban J connectivity index is 1.99. The SMILES string of the molecule is Cc1cc2oc(C(=O)Nc3ccc(Br)cc3)cc(=O)c2cc1Cl. The molecule has 1 aromatic heterocycles. The Bertz CT molecular complexity index is 964. The van der Waals surface area contributed by atoms with E-state index in [1.807, 2.05) is 0 Å².